The summed E-state index contributed by atoms with van der Waals surface area (Å²) in [5, 5.41) is 51.9. The molecule has 0 spiro atoms. The number of nitrogens with one attached hydrogen (secondary N) is 8. The second-order valence-corrected chi connectivity index (χ2v) is 11.8. The molecular weight excluding hydrogens is 768 g/mol. The van der Waals surface area contributed by atoms with E-state index in [2.05, 4.69) is 31.9 Å². The van der Waals surface area contributed by atoms with E-state index >= 15 is 0 Å². The van der Waals surface area contributed by atoms with Gasteiger partial charge in [0.15, 0.2) is 11.9 Å². The van der Waals surface area contributed by atoms with Crippen LogP contribution >= 0.6 is 0 Å². The standard InChI is InChI=1S/2C17H26N6O4.Cu/c2*18-10-14(24)22-12(7-4-8-21-17(19)20)15(25)23-13(16(26)27)9-11-5-2-1-3-6-11;/h2*1-3,5-6,12-13H,4,7-10,18H2,(H,22,24)(H,23,25)(H,26,27)(H4,19,20,21);/q;;+2/p-2/t2*12-,13-;/m00./s1. The van der Waals surface area contributed by atoms with Crippen LogP contribution in [0.15, 0.2) is 60.7 Å². The number of hydrogen-bond acceptors (Lipinski definition) is 12. The summed E-state index contributed by atoms with van der Waals surface area (Å²) in [5.74, 6) is -5.63. The minimum atomic E-state index is -1.42. The van der Waals surface area contributed by atoms with Gasteiger partial charge in [-0.3, -0.25) is 30.0 Å². The quantitative estimate of drug-likeness (QED) is 0.0228. The minimum Gasteiger partial charge on any atom is -0.548 e. The second-order valence-electron chi connectivity index (χ2n) is 11.8. The van der Waals surface area contributed by atoms with Crippen LogP contribution in [-0.2, 0) is 58.7 Å². The number of aliphatic carboxylic acids is 2. The molecule has 0 aliphatic heterocycles. The molecule has 1 radical (unpaired) electrons. The van der Waals surface area contributed by atoms with Crippen molar-refractivity contribution in [2.45, 2.75) is 62.7 Å². The number of nitrogens with two attached hydrogens (primary N) is 4. The molecule has 4 amide bonds. The number of hydrogen-bond donors (Lipinski definition) is 12. The van der Waals surface area contributed by atoms with Crippen molar-refractivity contribution in [1.82, 2.24) is 31.9 Å². The van der Waals surface area contributed by atoms with Gasteiger partial charge in [0.05, 0.1) is 37.1 Å². The summed E-state index contributed by atoms with van der Waals surface area (Å²) in [4.78, 5) is 70.9. The van der Waals surface area contributed by atoms with E-state index in [-0.39, 0.29) is 67.8 Å². The van der Waals surface area contributed by atoms with Crippen molar-refractivity contribution in [2.75, 3.05) is 26.2 Å². The third-order valence-electron chi connectivity index (χ3n) is 7.41. The van der Waals surface area contributed by atoms with Crippen molar-refractivity contribution in [3.05, 3.63) is 71.8 Å². The minimum absolute atomic E-state index is 0. The van der Waals surface area contributed by atoms with Crippen molar-refractivity contribution < 1.29 is 56.0 Å². The Hall–Kier alpha value is -5.76. The fraction of sp³-hybridized carbons (Fsp3) is 0.412. The molecule has 20 nitrogen and oxygen atoms in total. The summed E-state index contributed by atoms with van der Waals surface area (Å²) < 4.78 is 0. The van der Waals surface area contributed by atoms with E-state index in [9.17, 15) is 39.0 Å². The van der Waals surface area contributed by atoms with E-state index in [0.29, 0.717) is 25.9 Å². The third-order valence-corrected chi connectivity index (χ3v) is 7.41. The summed E-state index contributed by atoms with van der Waals surface area (Å²) in [6, 6.07) is 13.2. The van der Waals surface area contributed by atoms with Crippen LogP contribution in [0, 0.1) is 10.8 Å². The van der Waals surface area contributed by atoms with Gasteiger partial charge in [0.2, 0.25) is 23.6 Å². The predicted octanol–water partition coefficient (Wildman–Crippen LogP) is -5.66. The van der Waals surface area contributed by atoms with Crippen LogP contribution in [0.2, 0.25) is 0 Å². The first-order valence-corrected chi connectivity index (χ1v) is 16.9. The van der Waals surface area contributed by atoms with Gasteiger partial charge in [-0.1, -0.05) is 60.7 Å². The molecule has 0 saturated heterocycles. The number of guanidine groups is 2. The molecule has 305 valence electrons. The fourth-order valence-corrected chi connectivity index (χ4v) is 4.73. The summed E-state index contributed by atoms with van der Waals surface area (Å²) in [6.07, 6.45) is 1.36. The van der Waals surface area contributed by atoms with Crippen molar-refractivity contribution in [2.24, 2.45) is 22.9 Å². The molecule has 55 heavy (non-hydrogen) atoms. The number of benzene rings is 2. The average molecular weight is 818 g/mol. The molecule has 4 atom stereocenters. The number of rotatable bonds is 22. The van der Waals surface area contributed by atoms with Crippen molar-refractivity contribution in [3.63, 3.8) is 0 Å². The van der Waals surface area contributed by atoms with Gasteiger partial charge in [-0.15, -0.1) is 0 Å². The molecule has 0 aliphatic carbocycles. The van der Waals surface area contributed by atoms with Crippen molar-refractivity contribution >= 4 is 47.5 Å². The molecule has 2 rings (SSSR count). The Labute approximate surface area is 329 Å². The average Bonchev–Trinajstić information content (AvgIpc) is 3.13. The zero-order valence-electron chi connectivity index (χ0n) is 30.0. The molecule has 0 saturated carbocycles. The van der Waals surface area contributed by atoms with Crippen LogP contribution in [0.4, 0.5) is 0 Å². The van der Waals surface area contributed by atoms with Crippen LogP contribution in [-0.4, -0.2) is 97.8 Å². The Morgan fingerprint density at radius 2 is 0.891 bits per heavy atom. The summed E-state index contributed by atoms with van der Waals surface area (Å²) in [7, 11) is 0. The Kier molecular flexibility index (Phi) is 24.9. The van der Waals surface area contributed by atoms with Gasteiger partial charge < -0.3 is 74.6 Å². The van der Waals surface area contributed by atoms with E-state index < -0.39 is 59.7 Å². The molecule has 16 N–H and O–H groups in total. The van der Waals surface area contributed by atoms with Crippen molar-refractivity contribution in [1.29, 1.82) is 10.8 Å². The summed E-state index contributed by atoms with van der Waals surface area (Å²) >= 11 is 0. The van der Waals surface area contributed by atoms with E-state index in [1.807, 2.05) is 0 Å². The molecule has 0 aromatic heterocycles. The number of carbonyl (C=O) groups is 6. The first-order chi connectivity index (χ1) is 25.7. The molecular formula is C34H50CuN12O8. The molecule has 21 heteroatoms. The van der Waals surface area contributed by atoms with Crippen LogP contribution in [0.3, 0.4) is 0 Å². The van der Waals surface area contributed by atoms with Gasteiger partial charge in [0, 0.05) is 13.1 Å². The van der Waals surface area contributed by atoms with E-state index in [1.54, 1.807) is 60.7 Å². The normalized spacial score (nSPS) is 12.3. The fourth-order valence-electron chi connectivity index (χ4n) is 4.73. The van der Waals surface area contributed by atoms with E-state index in [4.69, 9.17) is 33.8 Å². The summed E-state index contributed by atoms with van der Waals surface area (Å²) in [6.45, 7) is 0.0455. The van der Waals surface area contributed by atoms with Gasteiger partial charge in [-0.2, -0.15) is 0 Å². The Morgan fingerprint density at radius 1 is 0.564 bits per heavy atom. The predicted molar refractivity (Wildman–Crippen MR) is 194 cm³/mol. The maximum Gasteiger partial charge on any atom is 2.00 e. The van der Waals surface area contributed by atoms with E-state index in [1.165, 1.54) is 0 Å². The molecule has 0 aliphatic rings. The SMILES string of the molecule is N=C(N)NCCC[C@H](NC(=O)CN)C(=O)N[C@@H](Cc1ccccc1)C(=O)[O-].N=C(N)NCCC[C@H](NC(=O)CN)C(=O)N[C@@H](Cc1ccccc1)C(=O)[O-].[Cu+2]. The molecule has 0 unspecified atom stereocenters. The second kappa shape index (κ2) is 27.8. The molecule has 0 fully saturated rings. The zero-order chi connectivity index (χ0) is 40.5. The molecule has 2 aromatic rings. The Bertz CT molecular complexity index is 1420. The van der Waals surface area contributed by atoms with Crippen molar-refractivity contribution in [3.8, 4) is 0 Å². The smallest absolute Gasteiger partial charge is 0.548 e. The van der Waals surface area contributed by atoms with Gasteiger partial charge in [-0.25, -0.2) is 0 Å². The van der Waals surface area contributed by atoms with Crippen LogP contribution in [0.25, 0.3) is 0 Å². The maximum atomic E-state index is 12.5. The first-order valence-electron chi connectivity index (χ1n) is 16.9. The van der Waals surface area contributed by atoms with Gasteiger partial charge in [-0.05, 0) is 49.7 Å². The van der Waals surface area contributed by atoms with E-state index in [0.717, 1.165) is 11.1 Å². The first kappa shape index (κ1) is 49.2. The molecule has 2 aromatic carbocycles. The number of carbonyl (C=O) groups excluding carboxylic acids is 6. The summed E-state index contributed by atoms with van der Waals surface area (Å²) in [5.41, 5.74) is 22.3. The largest absolute Gasteiger partial charge is 2.00 e. The topological polar surface area (TPSA) is 372 Å². The van der Waals surface area contributed by atoms with Crippen LogP contribution < -0.4 is 65.0 Å². The van der Waals surface area contributed by atoms with Gasteiger partial charge in [0.25, 0.3) is 0 Å². The van der Waals surface area contributed by atoms with Gasteiger partial charge >= 0.3 is 17.1 Å². The number of carboxylic acid groups (broad SMARTS) is 2. The van der Waals surface area contributed by atoms with Crippen LogP contribution in [0.1, 0.15) is 36.8 Å². The Balaban J connectivity index is 0.00000104. The van der Waals surface area contributed by atoms with Gasteiger partial charge in [0.1, 0.15) is 12.1 Å². The third kappa shape index (κ3) is 22.1. The Morgan fingerprint density at radius 3 is 1.16 bits per heavy atom. The zero-order valence-corrected chi connectivity index (χ0v) is 31.0. The maximum absolute atomic E-state index is 12.5. The number of amides is 4. The molecule has 0 heterocycles. The monoisotopic (exact) mass is 817 g/mol. The molecule has 0 bridgehead atoms. The van der Waals surface area contributed by atoms with Crippen LogP contribution in [0.5, 0.6) is 0 Å². The number of carboxylic acids is 2.